The van der Waals surface area contributed by atoms with Gasteiger partial charge in [-0.25, -0.2) is 0 Å². The molecule has 1 aliphatic carbocycles. The molecule has 0 bridgehead atoms. The van der Waals surface area contributed by atoms with E-state index < -0.39 is 11.7 Å². The second-order valence-corrected chi connectivity index (χ2v) is 3.07. The van der Waals surface area contributed by atoms with Gasteiger partial charge in [0, 0.05) is 0 Å². The zero-order valence-electron chi connectivity index (χ0n) is 7.36. The van der Waals surface area contributed by atoms with Crippen LogP contribution in [0.1, 0.15) is 6.92 Å². The summed E-state index contributed by atoms with van der Waals surface area (Å²) >= 11 is 0. The SMILES string of the molecule is CNC1C=CC=CC1(O)C(C)O. The van der Waals surface area contributed by atoms with Crippen molar-refractivity contribution < 1.29 is 10.2 Å². The van der Waals surface area contributed by atoms with Gasteiger partial charge < -0.3 is 15.5 Å². The first-order valence-corrected chi connectivity index (χ1v) is 4.05. The summed E-state index contributed by atoms with van der Waals surface area (Å²) in [6.45, 7) is 1.58. The van der Waals surface area contributed by atoms with E-state index in [0.29, 0.717) is 0 Å². The van der Waals surface area contributed by atoms with Gasteiger partial charge in [-0.3, -0.25) is 0 Å². The number of aliphatic hydroxyl groups excluding tert-OH is 1. The van der Waals surface area contributed by atoms with Crippen LogP contribution in [0.3, 0.4) is 0 Å². The summed E-state index contributed by atoms with van der Waals surface area (Å²) in [5.41, 5.74) is -1.18. The van der Waals surface area contributed by atoms with E-state index in [2.05, 4.69) is 5.32 Å². The van der Waals surface area contributed by atoms with Crippen LogP contribution in [-0.4, -0.2) is 35.0 Å². The zero-order valence-corrected chi connectivity index (χ0v) is 7.36. The van der Waals surface area contributed by atoms with Gasteiger partial charge in [0.05, 0.1) is 12.1 Å². The molecule has 3 nitrogen and oxygen atoms in total. The Balaban J connectivity index is 2.86. The van der Waals surface area contributed by atoms with E-state index in [1.54, 1.807) is 26.1 Å². The number of likely N-dealkylation sites (N-methyl/N-ethyl adjacent to an activating group) is 1. The highest BCUT2D eigenvalue weighted by Crippen LogP contribution is 2.21. The Kier molecular flexibility index (Phi) is 2.67. The summed E-state index contributed by atoms with van der Waals surface area (Å²) in [6.07, 6.45) is 6.24. The number of allylic oxidation sites excluding steroid dienone is 2. The maximum absolute atomic E-state index is 9.96. The van der Waals surface area contributed by atoms with Crippen LogP contribution in [0, 0.1) is 0 Å². The Morgan fingerprint density at radius 2 is 2.17 bits per heavy atom. The third kappa shape index (κ3) is 1.43. The van der Waals surface area contributed by atoms with Gasteiger partial charge in [-0.1, -0.05) is 18.2 Å². The summed E-state index contributed by atoms with van der Waals surface area (Å²) in [4.78, 5) is 0. The van der Waals surface area contributed by atoms with Crippen LogP contribution in [0.5, 0.6) is 0 Å². The van der Waals surface area contributed by atoms with E-state index in [4.69, 9.17) is 0 Å². The summed E-state index contributed by atoms with van der Waals surface area (Å²) < 4.78 is 0. The van der Waals surface area contributed by atoms with Gasteiger partial charge in [0.1, 0.15) is 5.60 Å². The van der Waals surface area contributed by atoms with Crippen molar-refractivity contribution in [3.8, 4) is 0 Å². The van der Waals surface area contributed by atoms with Gasteiger partial charge in [-0.2, -0.15) is 0 Å². The topological polar surface area (TPSA) is 52.5 Å². The molecule has 0 saturated carbocycles. The lowest BCUT2D eigenvalue weighted by atomic mass is 9.85. The second-order valence-electron chi connectivity index (χ2n) is 3.07. The summed E-state index contributed by atoms with van der Waals surface area (Å²) in [6, 6.07) is -0.220. The van der Waals surface area contributed by atoms with Crippen molar-refractivity contribution >= 4 is 0 Å². The quantitative estimate of drug-likeness (QED) is 0.537. The molecule has 3 heteroatoms. The molecule has 3 atom stereocenters. The van der Waals surface area contributed by atoms with Crippen LogP contribution in [0.2, 0.25) is 0 Å². The van der Waals surface area contributed by atoms with Crippen molar-refractivity contribution in [1.82, 2.24) is 5.32 Å². The van der Waals surface area contributed by atoms with E-state index in [0.717, 1.165) is 0 Å². The fourth-order valence-corrected chi connectivity index (χ4v) is 1.37. The fraction of sp³-hybridized carbons (Fsp3) is 0.556. The molecular weight excluding hydrogens is 154 g/mol. The lowest BCUT2D eigenvalue weighted by Gasteiger charge is -2.35. The molecule has 1 rings (SSSR count). The highest BCUT2D eigenvalue weighted by Gasteiger charge is 2.37. The van der Waals surface area contributed by atoms with Gasteiger partial charge in [0.2, 0.25) is 0 Å². The molecule has 0 fully saturated rings. The molecule has 0 heterocycles. The van der Waals surface area contributed by atoms with E-state index in [-0.39, 0.29) is 6.04 Å². The molecule has 0 aromatic rings. The van der Waals surface area contributed by atoms with Gasteiger partial charge in [-0.15, -0.1) is 0 Å². The Morgan fingerprint density at radius 1 is 1.50 bits per heavy atom. The van der Waals surface area contributed by atoms with Crippen molar-refractivity contribution in [2.24, 2.45) is 0 Å². The van der Waals surface area contributed by atoms with Gasteiger partial charge in [0.15, 0.2) is 0 Å². The molecule has 0 radical (unpaired) electrons. The van der Waals surface area contributed by atoms with E-state index in [9.17, 15) is 10.2 Å². The van der Waals surface area contributed by atoms with Crippen LogP contribution in [0.15, 0.2) is 24.3 Å². The third-order valence-electron chi connectivity index (χ3n) is 2.26. The summed E-state index contributed by atoms with van der Waals surface area (Å²) in [7, 11) is 1.75. The second kappa shape index (κ2) is 3.39. The predicted molar refractivity (Wildman–Crippen MR) is 47.8 cm³/mol. The minimum absolute atomic E-state index is 0.220. The fourth-order valence-electron chi connectivity index (χ4n) is 1.37. The molecule has 0 aromatic carbocycles. The molecule has 1 aliphatic rings. The Bertz CT molecular complexity index is 211. The van der Waals surface area contributed by atoms with Crippen LogP contribution < -0.4 is 5.32 Å². The van der Waals surface area contributed by atoms with Crippen LogP contribution in [-0.2, 0) is 0 Å². The Morgan fingerprint density at radius 3 is 2.58 bits per heavy atom. The maximum atomic E-state index is 9.96. The average Bonchev–Trinajstić information content (AvgIpc) is 2.05. The van der Waals surface area contributed by atoms with Crippen molar-refractivity contribution in [1.29, 1.82) is 0 Å². The number of hydrogen-bond donors (Lipinski definition) is 3. The summed E-state index contributed by atoms with van der Waals surface area (Å²) in [5.74, 6) is 0. The molecule has 0 aliphatic heterocycles. The van der Waals surface area contributed by atoms with E-state index >= 15 is 0 Å². The standard InChI is InChI=1S/C9H15NO2/c1-7(11)9(12)6-4-3-5-8(9)10-2/h3-8,10-12H,1-2H3. The van der Waals surface area contributed by atoms with Gasteiger partial charge in [0.25, 0.3) is 0 Å². The molecule has 12 heavy (non-hydrogen) atoms. The monoisotopic (exact) mass is 169 g/mol. The smallest absolute Gasteiger partial charge is 0.127 e. The largest absolute Gasteiger partial charge is 0.390 e. The highest BCUT2D eigenvalue weighted by molar-refractivity contribution is 5.26. The van der Waals surface area contributed by atoms with Crippen LogP contribution in [0.4, 0.5) is 0 Å². The first kappa shape index (κ1) is 9.45. The van der Waals surface area contributed by atoms with Crippen molar-refractivity contribution in [2.75, 3.05) is 7.05 Å². The number of rotatable bonds is 2. The number of aliphatic hydroxyl groups is 2. The molecule has 0 amide bonds. The minimum atomic E-state index is -1.18. The molecule has 0 spiro atoms. The van der Waals surface area contributed by atoms with E-state index in [1.165, 1.54) is 0 Å². The van der Waals surface area contributed by atoms with Gasteiger partial charge >= 0.3 is 0 Å². The highest BCUT2D eigenvalue weighted by atomic mass is 16.3. The third-order valence-corrected chi connectivity index (χ3v) is 2.26. The summed E-state index contributed by atoms with van der Waals surface area (Å²) in [5, 5.41) is 22.2. The number of nitrogens with one attached hydrogen (secondary N) is 1. The lowest BCUT2D eigenvalue weighted by Crippen LogP contribution is -2.54. The first-order chi connectivity index (χ1) is 5.61. The molecule has 68 valence electrons. The number of hydrogen-bond acceptors (Lipinski definition) is 3. The molecular formula is C9H15NO2. The lowest BCUT2D eigenvalue weighted by molar-refractivity contribution is -0.0437. The zero-order chi connectivity index (χ0) is 9.19. The average molecular weight is 169 g/mol. The Labute approximate surface area is 72.4 Å². The van der Waals surface area contributed by atoms with Crippen molar-refractivity contribution in [2.45, 2.75) is 24.7 Å². The van der Waals surface area contributed by atoms with Crippen molar-refractivity contribution in [3.05, 3.63) is 24.3 Å². The minimum Gasteiger partial charge on any atom is -0.390 e. The normalized spacial score (nSPS) is 36.8. The van der Waals surface area contributed by atoms with Crippen LogP contribution >= 0.6 is 0 Å². The molecule has 3 N–H and O–H groups in total. The van der Waals surface area contributed by atoms with Gasteiger partial charge in [-0.05, 0) is 20.0 Å². The van der Waals surface area contributed by atoms with Crippen molar-refractivity contribution in [3.63, 3.8) is 0 Å². The van der Waals surface area contributed by atoms with E-state index in [1.807, 2.05) is 12.2 Å². The first-order valence-electron chi connectivity index (χ1n) is 4.05. The molecule has 3 unspecified atom stereocenters. The van der Waals surface area contributed by atoms with Crippen LogP contribution in [0.25, 0.3) is 0 Å². The molecule has 0 saturated heterocycles. The maximum Gasteiger partial charge on any atom is 0.127 e. The Hall–Kier alpha value is -0.640. The predicted octanol–water partition coefficient (Wildman–Crippen LogP) is -0.188. The molecule has 0 aromatic heterocycles.